The van der Waals surface area contributed by atoms with Crippen molar-refractivity contribution >= 4 is 23.4 Å². The standard InChI is InChI=1S/C26H38N2O8/c1-24-11-18(31)22-15(16(24)7-8-26(24,35)19(32)12-29)4-3-13-9-14(30)10-20(25(13,22)2)36-23(34)17(27)5-6-21(28)33/h9,15-18,20,22,29,31,35H,3-8,10-12,27H2,1-2H3,(H2,28,33)/t15-,16-,17-,18-,20?,22+,24-,25+,26-/m0/s1. The largest absolute Gasteiger partial charge is 0.460 e. The lowest BCUT2D eigenvalue weighted by atomic mass is 9.44. The first-order valence-corrected chi connectivity index (χ1v) is 12.8. The monoisotopic (exact) mass is 506 g/mol. The number of primary amides is 1. The van der Waals surface area contributed by atoms with Crippen LogP contribution in [0.4, 0.5) is 0 Å². The fourth-order valence-electron chi connectivity index (χ4n) is 8.10. The maximum atomic E-state index is 12.8. The molecule has 10 heteroatoms. The van der Waals surface area contributed by atoms with Crippen molar-refractivity contribution in [2.75, 3.05) is 6.61 Å². The summed E-state index contributed by atoms with van der Waals surface area (Å²) in [7, 11) is 0. The zero-order chi connectivity index (χ0) is 26.6. The van der Waals surface area contributed by atoms with E-state index in [0.717, 1.165) is 5.57 Å². The molecule has 3 saturated carbocycles. The van der Waals surface area contributed by atoms with Crippen molar-refractivity contribution in [2.24, 2.45) is 40.1 Å². The van der Waals surface area contributed by atoms with Crippen molar-refractivity contribution < 1.29 is 39.2 Å². The van der Waals surface area contributed by atoms with Gasteiger partial charge in [-0.05, 0) is 56.4 Å². The topological polar surface area (TPSA) is 190 Å². The van der Waals surface area contributed by atoms with Crippen LogP contribution < -0.4 is 11.5 Å². The third-order valence-corrected chi connectivity index (χ3v) is 10.00. The first-order valence-electron chi connectivity index (χ1n) is 12.8. The number of aliphatic hydroxyl groups excluding tert-OH is 2. The van der Waals surface area contributed by atoms with Gasteiger partial charge in [0.2, 0.25) is 5.91 Å². The van der Waals surface area contributed by atoms with Crippen LogP contribution in [0, 0.1) is 28.6 Å². The summed E-state index contributed by atoms with van der Waals surface area (Å²) in [5.74, 6) is -2.63. The number of amides is 1. The number of nitrogens with two attached hydrogens (primary N) is 2. The van der Waals surface area contributed by atoms with Crippen LogP contribution in [0.5, 0.6) is 0 Å². The molecule has 4 rings (SSSR count). The number of Topliss-reactive ketones (excluding diaryl/α,β-unsaturated/α-hetero) is 1. The minimum absolute atomic E-state index is 0.0286. The van der Waals surface area contributed by atoms with Gasteiger partial charge in [0.05, 0.1) is 6.10 Å². The number of hydrogen-bond donors (Lipinski definition) is 5. The molecular formula is C26H38N2O8. The van der Waals surface area contributed by atoms with Gasteiger partial charge in [0.1, 0.15) is 24.4 Å². The van der Waals surface area contributed by atoms with Crippen LogP contribution in [0.1, 0.15) is 65.2 Å². The van der Waals surface area contributed by atoms with E-state index in [9.17, 15) is 34.5 Å². The van der Waals surface area contributed by atoms with Gasteiger partial charge in [-0.1, -0.05) is 19.4 Å². The fraction of sp³-hybridized carbons (Fsp3) is 0.769. The molecule has 10 nitrogen and oxygen atoms in total. The Balaban J connectivity index is 1.66. The van der Waals surface area contributed by atoms with E-state index in [1.54, 1.807) is 6.08 Å². The first-order chi connectivity index (χ1) is 16.8. The highest BCUT2D eigenvalue weighted by molar-refractivity contribution is 5.93. The van der Waals surface area contributed by atoms with Crippen LogP contribution >= 0.6 is 0 Å². The molecule has 1 unspecified atom stereocenters. The van der Waals surface area contributed by atoms with Gasteiger partial charge in [-0.25, -0.2) is 0 Å². The zero-order valence-corrected chi connectivity index (χ0v) is 20.9. The number of hydrogen-bond acceptors (Lipinski definition) is 9. The Hall–Kier alpha value is -2.14. The van der Waals surface area contributed by atoms with Crippen molar-refractivity contribution in [3.63, 3.8) is 0 Å². The highest BCUT2D eigenvalue weighted by atomic mass is 16.5. The first kappa shape index (κ1) is 26.9. The summed E-state index contributed by atoms with van der Waals surface area (Å²) in [6.07, 6.45) is 1.92. The smallest absolute Gasteiger partial charge is 0.323 e. The number of aliphatic hydroxyl groups is 3. The van der Waals surface area contributed by atoms with Crippen LogP contribution in [0.25, 0.3) is 0 Å². The second-order valence-corrected chi connectivity index (χ2v) is 11.7. The number of rotatable bonds is 7. The molecule has 0 radical (unpaired) electrons. The van der Waals surface area contributed by atoms with E-state index in [1.165, 1.54) is 0 Å². The molecule has 0 aromatic carbocycles. The summed E-state index contributed by atoms with van der Waals surface area (Å²) in [5, 5.41) is 32.5. The molecule has 0 spiro atoms. The minimum Gasteiger partial charge on any atom is -0.460 e. The average Bonchev–Trinajstić information content (AvgIpc) is 3.08. The molecular weight excluding hydrogens is 468 g/mol. The van der Waals surface area contributed by atoms with Gasteiger partial charge in [0, 0.05) is 29.6 Å². The molecule has 0 saturated heterocycles. The SMILES string of the molecule is C[C@]12C[C@H](O)[C@H]3[C@@H](CCC4=CC(=O)CC(OC(=O)[C@@H](N)CCC(N)=O)[C@@]43C)[C@@H]1CC[C@]2(O)C(=O)CO. The Morgan fingerprint density at radius 2 is 1.94 bits per heavy atom. The molecule has 9 atom stereocenters. The van der Waals surface area contributed by atoms with E-state index in [1.807, 2.05) is 13.8 Å². The highest BCUT2D eigenvalue weighted by Crippen LogP contribution is 2.67. The summed E-state index contributed by atoms with van der Waals surface area (Å²) < 4.78 is 5.83. The number of fused-ring (bicyclic) bond motifs is 5. The molecule has 7 N–H and O–H groups in total. The number of esters is 1. The molecule has 0 aromatic rings. The van der Waals surface area contributed by atoms with Crippen LogP contribution in [-0.4, -0.2) is 69.2 Å². The highest BCUT2D eigenvalue weighted by Gasteiger charge is 2.69. The van der Waals surface area contributed by atoms with E-state index in [2.05, 4.69) is 0 Å². The van der Waals surface area contributed by atoms with Gasteiger partial charge in [-0.2, -0.15) is 0 Å². The Morgan fingerprint density at radius 1 is 1.25 bits per heavy atom. The van der Waals surface area contributed by atoms with Crippen molar-refractivity contribution in [1.82, 2.24) is 0 Å². The molecule has 1 amide bonds. The Kier molecular flexibility index (Phi) is 6.96. The van der Waals surface area contributed by atoms with Crippen LogP contribution in [0.15, 0.2) is 11.6 Å². The number of ketones is 2. The van der Waals surface area contributed by atoms with E-state index < -0.39 is 58.9 Å². The molecule has 200 valence electrons. The van der Waals surface area contributed by atoms with Gasteiger partial charge < -0.3 is 31.5 Å². The van der Waals surface area contributed by atoms with E-state index in [0.29, 0.717) is 19.3 Å². The lowest BCUT2D eigenvalue weighted by molar-refractivity contribution is -0.198. The average molecular weight is 507 g/mol. The van der Waals surface area contributed by atoms with Crippen molar-refractivity contribution in [1.29, 1.82) is 0 Å². The maximum absolute atomic E-state index is 12.8. The van der Waals surface area contributed by atoms with Crippen molar-refractivity contribution in [3.05, 3.63) is 11.6 Å². The predicted octanol–water partition coefficient (Wildman–Crippen LogP) is -0.104. The van der Waals surface area contributed by atoms with E-state index in [4.69, 9.17) is 16.2 Å². The zero-order valence-electron chi connectivity index (χ0n) is 20.9. The summed E-state index contributed by atoms with van der Waals surface area (Å²) in [4.78, 5) is 49.1. The number of ether oxygens (including phenoxy) is 1. The third kappa shape index (κ3) is 3.93. The quantitative estimate of drug-likeness (QED) is 0.293. The summed E-state index contributed by atoms with van der Waals surface area (Å²) in [6.45, 7) is 2.98. The molecule has 0 heterocycles. The molecule has 0 aromatic heterocycles. The Bertz CT molecular complexity index is 996. The number of carbonyl (C=O) groups is 4. The Morgan fingerprint density at radius 3 is 2.58 bits per heavy atom. The van der Waals surface area contributed by atoms with Crippen LogP contribution in [0.2, 0.25) is 0 Å². The maximum Gasteiger partial charge on any atom is 0.323 e. The molecule has 0 bridgehead atoms. The lowest BCUT2D eigenvalue weighted by Gasteiger charge is -2.61. The summed E-state index contributed by atoms with van der Waals surface area (Å²) in [5.41, 5.74) is 8.47. The molecule has 36 heavy (non-hydrogen) atoms. The van der Waals surface area contributed by atoms with Gasteiger partial charge in [-0.15, -0.1) is 0 Å². The lowest BCUT2D eigenvalue weighted by Crippen LogP contribution is -2.64. The molecule has 0 aliphatic heterocycles. The number of carbonyl (C=O) groups excluding carboxylic acids is 4. The Labute approximate surface area is 210 Å². The van der Waals surface area contributed by atoms with Crippen molar-refractivity contribution in [2.45, 2.75) is 89.1 Å². The van der Waals surface area contributed by atoms with Gasteiger partial charge >= 0.3 is 5.97 Å². The van der Waals surface area contributed by atoms with Gasteiger partial charge in [-0.3, -0.25) is 19.2 Å². The van der Waals surface area contributed by atoms with E-state index in [-0.39, 0.29) is 55.6 Å². The molecule has 4 aliphatic rings. The van der Waals surface area contributed by atoms with E-state index >= 15 is 0 Å². The summed E-state index contributed by atoms with van der Waals surface area (Å²) in [6, 6.07) is -1.07. The normalized spacial score (nSPS) is 42.4. The minimum atomic E-state index is -1.71. The van der Waals surface area contributed by atoms with Gasteiger partial charge in [0.15, 0.2) is 11.6 Å². The summed E-state index contributed by atoms with van der Waals surface area (Å²) >= 11 is 0. The molecule has 4 aliphatic carbocycles. The van der Waals surface area contributed by atoms with Gasteiger partial charge in [0.25, 0.3) is 0 Å². The second-order valence-electron chi connectivity index (χ2n) is 11.7. The molecule has 3 fully saturated rings. The second kappa shape index (κ2) is 9.31. The van der Waals surface area contributed by atoms with Crippen LogP contribution in [-0.2, 0) is 23.9 Å². The van der Waals surface area contributed by atoms with Crippen LogP contribution in [0.3, 0.4) is 0 Å². The fourth-order valence-corrected chi connectivity index (χ4v) is 8.10. The third-order valence-electron chi connectivity index (χ3n) is 10.00. The van der Waals surface area contributed by atoms with Crippen molar-refractivity contribution in [3.8, 4) is 0 Å². The predicted molar refractivity (Wildman–Crippen MR) is 127 cm³/mol.